The molecule has 0 aromatic heterocycles. The molecular weight excluding hydrogens is 262 g/mol. The van der Waals surface area contributed by atoms with Crippen LogP contribution < -0.4 is 9.88 Å². The van der Waals surface area contributed by atoms with Gasteiger partial charge in [0.2, 0.25) is 10.0 Å². The fourth-order valence-electron chi connectivity index (χ4n) is 2.51. The van der Waals surface area contributed by atoms with Crippen molar-refractivity contribution >= 4 is 10.0 Å². The Morgan fingerprint density at radius 3 is 2.26 bits per heavy atom. The van der Waals surface area contributed by atoms with Gasteiger partial charge >= 0.3 is 0 Å². The average Bonchev–Trinajstić information content (AvgIpc) is 2.33. The molecule has 1 aromatic rings. The Bertz CT molecular complexity index is 524. The maximum Gasteiger partial charge on any atom is 0.238 e. The highest BCUT2D eigenvalue weighted by atomic mass is 32.2. The van der Waals surface area contributed by atoms with Crippen molar-refractivity contribution < 1.29 is 13.2 Å². The van der Waals surface area contributed by atoms with Crippen molar-refractivity contribution in [3.63, 3.8) is 0 Å². The SMILES string of the molecule is CC1CCC(Oc2ccc(S(N)(=O)=O)cc2)CC1C. The van der Waals surface area contributed by atoms with E-state index in [1.54, 1.807) is 12.1 Å². The van der Waals surface area contributed by atoms with E-state index >= 15 is 0 Å². The third-order valence-corrected chi connectivity index (χ3v) is 4.93. The van der Waals surface area contributed by atoms with Crippen LogP contribution in [0.15, 0.2) is 29.2 Å². The minimum atomic E-state index is -3.62. The minimum Gasteiger partial charge on any atom is -0.490 e. The van der Waals surface area contributed by atoms with Gasteiger partial charge in [0.25, 0.3) is 0 Å². The van der Waals surface area contributed by atoms with Crippen LogP contribution in [0, 0.1) is 11.8 Å². The van der Waals surface area contributed by atoms with Crippen LogP contribution in [0.2, 0.25) is 0 Å². The quantitative estimate of drug-likeness (QED) is 0.926. The highest BCUT2D eigenvalue weighted by Crippen LogP contribution is 2.31. The van der Waals surface area contributed by atoms with Gasteiger partial charge in [-0.05, 0) is 55.4 Å². The summed E-state index contributed by atoms with van der Waals surface area (Å²) in [6, 6.07) is 6.31. The van der Waals surface area contributed by atoms with Crippen LogP contribution in [0.25, 0.3) is 0 Å². The van der Waals surface area contributed by atoms with Crippen molar-refractivity contribution in [3.05, 3.63) is 24.3 Å². The molecule has 5 heteroatoms. The van der Waals surface area contributed by atoms with Gasteiger partial charge in [0.05, 0.1) is 11.0 Å². The molecule has 2 rings (SSSR count). The Morgan fingerprint density at radius 1 is 1.11 bits per heavy atom. The van der Waals surface area contributed by atoms with E-state index in [0.717, 1.165) is 18.8 Å². The molecule has 1 aliphatic carbocycles. The Morgan fingerprint density at radius 2 is 1.74 bits per heavy atom. The maximum atomic E-state index is 11.2. The molecule has 0 radical (unpaired) electrons. The number of primary sulfonamides is 1. The lowest BCUT2D eigenvalue weighted by atomic mass is 9.80. The first kappa shape index (κ1) is 14.3. The summed E-state index contributed by atoms with van der Waals surface area (Å²) in [6.07, 6.45) is 3.52. The number of ether oxygens (including phenoxy) is 1. The van der Waals surface area contributed by atoms with Gasteiger partial charge in [-0.25, -0.2) is 13.6 Å². The minimum absolute atomic E-state index is 0.116. The van der Waals surface area contributed by atoms with E-state index in [-0.39, 0.29) is 11.0 Å². The van der Waals surface area contributed by atoms with Crippen molar-refractivity contribution in [2.75, 3.05) is 0 Å². The summed E-state index contributed by atoms with van der Waals surface area (Å²) in [5.74, 6) is 2.13. The number of nitrogens with two attached hydrogens (primary N) is 1. The molecule has 106 valence electrons. The average molecular weight is 283 g/mol. The Balaban J connectivity index is 2.00. The molecular formula is C14H21NO3S. The number of sulfonamides is 1. The molecule has 0 heterocycles. The third kappa shape index (κ3) is 3.70. The second-order valence-electron chi connectivity index (χ2n) is 5.52. The van der Waals surface area contributed by atoms with Crippen molar-refractivity contribution in [2.45, 2.75) is 44.1 Å². The number of hydrogen-bond acceptors (Lipinski definition) is 3. The number of rotatable bonds is 3. The van der Waals surface area contributed by atoms with Crippen molar-refractivity contribution in [2.24, 2.45) is 17.0 Å². The molecule has 3 atom stereocenters. The molecule has 2 N–H and O–H groups in total. The molecule has 19 heavy (non-hydrogen) atoms. The molecule has 0 bridgehead atoms. The van der Waals surface area contributed by atoms with Gasteiger partial charge < -0.3 is 4.74 Å². The standard InChI is InChI=1S/C14H21NO3S/c1-10-3-4-13(9-11(10)2)18-12-5-7-14(8-6-12)19(15,16)17/h5-8,10-11,13H,3-4,9H2,1-2H3,(H2,15,16,17). The summed E-state index contributed by atoms with van der Waals surface area (Å²) in [5.41, 5.74) is 0. The topological polar surface area (TPSA) is 69.4 Å². The van der Waals surface area contributed by atoms with Crippen LogP contribution in [0.1, 0.15) is 33.1 Å². The molecule has 4 nitrogen and oxygen atoms in total. The summed E-state index contributed by atoms with van der Waals surface area (Å²) in [6.45, 7) is 4.53. The molecule has 0 amide bonds. The van der Waals surface area contributed by atoms with Gasteiger partial charge in [0, 0.05) is 0 Å². The van der Waals surface area contributed by atoms with Gasteiger partial charge in [-0.2, -0.15) is 0 Å². The van der Waals surface area contributed by atoms with E-state index in [2.05, 4.69) is 13.8 Å². The Hall–Kier alpha value is -1.07. The predicted octanol–water partition coefficient (Wildman–Crippen LogP) is 2.54. The second-order valence-corrected chi connectivity index (χ2v) is 7.09. The Labute approximate surface area is 115 Å². The van der Waals surface area contributed by atoms with E-state index in [1.807, 2.05) is 0 Å². The molecule has 3 unspecified atom stereocenters. The first-order valence-corrected chi connectivity index (χ1v) is 8.20. The fourth-order valence-corrected chi connectivity index (χ4v) is 3.02. The van der Waals surface area contributed by atoms with Crippen LogP contribution >= 0.6 is 0 Å². The summed E-state index contributed by atoms with van der Waals surface area (Å²) in [7, 11) is -3.62. The van der Waals surface area contributed by atoms with Crippen LogP contribution in [0.3, 0.4) is 0 Å². The van der Waals surface area contributed by atoms with E-state index in [1.165, 1.54) is 18.6 Å². The van der Waals surface area contributed by atoms with Gasteiger partial charge in [-0.3, -0.25) is 0 Å². The van der Waals surface area contributed by atoms with E-state index in [0.29, 0.717) is 11.7 Å². The normalized spacial score (nSPS) is 28.1. The van der Waals surface area contributed by atoms with Crippen LogP contribution in [-0.2, 0) is 10.0 Å². The largest absolute Gasteiger partial charge is 0.490 e. The van der Waals surface area contributed by atoms with Crippen LogP contribution in [-0.4, -0.2) is 14.5 Å². The zero-order valence-electron chi connectivity index (χ0n) is 11.4. The van der Waals surface area contributed by atoms with E-state index in [9.17, 15) is 8.42 Å². The molecule has 0 spiro atoms. The summed E-state index contributed by atoms with van der Waals surface area (Å²) >= 11 is 0. The lowest BCUT2D eigenvalue weighted by Crippen LogP contribution is -2.28. The Kier molecular flexibility index (Phi) is 4.16. The van der Waals surface area contributed by atoms with Gasteiger partial charge in [-0.1, -0.05) is 13.8 Å². The lowest BCUT2D eigenvalue weighted by molar-refractivity contribution is 0.101. The monoisotopic (exact) mass is 283 g/mol. The lowest BCUT2D eigenvalue weighted by Gasteiger charge is -2.32. The van der Waals surface area contributed by atoms with Crippen molar-refractivity contribution in [3.8, 4) is 5.75 Å². The molecule has 1 fully saturated rings. The summed E-state index contributed by atoms with van der Waals surface area (Å²) in [4.78, 5) is 0.116. The third-order valence-electron chi connectivity index (χ3n) is 4.01. The summed E-state index contributed by atoms with van der Waals surface area (Å²) < 4.78 is 28.2. The van der Waals surface area contributed by atoms with Gasteiger partial charge in [-0.15, -0.1) is 0 Å². The highest BCUT2D eigenvalue weighted by molar-refractivity contribution is 7.89. The zero-order chi connectivity index (χ0) is 14.0. The molecule has 0 saturated heterocycles. The molecule has 1 aliphatic rings. The fraction of sp³-hybridized carbons (Fsp3) is 0.571. The van der Waals surface area contributed by atoms with E-state index < -0.39 is 10.0 Å². The van der Waals surface area contributed by atoms with Gasteiger partial charge in [0.15, 0.2) is 0 Å². The first-order valence-electron chi connectivity index (χ1n) is 6.66. The van der Waals surface area contributed by atoms with Gasteiger partial charge in [0.1, 0.15) is 5.75 Å². The first-order chi connectivity index (χ1) is 8.86. The number of benzene rings is 1. The van der Waals surface area contributed by atoms with Crippen LogP contribution in [0.4, 0.5) is 0 Å². The maximum absolute atomic E-state index is 11.2. The predicted molar refractivity (Wildman–Crippen MR) is 74.4 cm³/mol. The smallest absolute Gasteiger partial charge is 0.238 e. The molecule has 0 aliphatic heterocycles. The zero-order valence-corrected chi connectivity index (χ0v) is 12.2. The second kappa shape index (κ2) is 5.51. The molecule has 1 aromatic carbocycles. The summed E-state index contributed by atoms with van der Waals surface area (Å²) in [5, 5.41) is 5.06. The molecule has 1 saturated carbocycles. The number of hydrogen-bond donors (Lipinski definition) is 1. The van der Waals surface area contributed by atoms with Crippen molar-refractivity contribution in [1.82, 2.24) is 0 Å². The van der Waals surface area contributed by atoms with Crippen molar-refractivity contribution in [1.29, 1.82) is 0 Å². The van der Waals surface area contributed by atoms with Crippen LogP contribution in [0.5, 0.6) is 5.75 Å². The highest BCUT2D eigenvalue weighted by Gasteiger charge is 2.25. The van der Waals surface area contributed by atoms with E-state index in [4.69, 9.17) is 9.88 Å².